The van der Waals surface area contributed by atoms with E-state index in [0.717, 1.165) is 16.8 Å². The van der Waals surface area contributed by atoms with Crippen LogP contribution in [0, 0.1) is 0 Å². The van der Waals surface area contributed by atoms with E-state index in [2.05, 4.69) is 5.10 Å². The van der Waals surface area contributed by atoms with Crippen molar-refractivity contribution in [2.45, 2.75) is 31.7 Å². The van der Waals surface area contributed by atoms with Gasteiger partial charge in [0.15, 0.2) is 0 Å². The van der Waals surface area contributed by atoms with Crippen molar-refractivity contribution in [3.05, 3.63) is 59.7 Å². The normalized spacial score (nSPS) is 15.7. The first-order valence-electron chi connectivity index (χ1n) is 9.42. The van der Waals surface area contributed by atoms with Crippen LogP contribution in [0.4, 0.5) is 0 Å². The molecule has 0 radical (unpaired) electrons. The monoisotopic (exact) mass is 396 g/mol. The van der Waals surface area contributed by atoms with Crippen molar-refractivity contribution >= 4 is 17.6 Å². The third-order valence-corrected chi connectivity index (χ3v) is 4.85. The maximum absolute atomic E-state index is 12.9. The number of carboxylic acids is 1. The predicted octanol–water partition coefficient (Wildman–Crippen LogP) is 3.64. The van der Waals surface area contributed by atoms with E-state index in [4.69, 9.17) is 14.6 Å². The highest BCUT2D eigenvalue weighted by Gasteiger charge is 2.34. The Morgan fingerprint density at radius 2 is 1.86 bits per heavy atom. The minimum Gasteiger partial charge on any atom is -0.497 e. The molecule has 0 saturated heterocycles. The van der Waals surface area contributed by atoms with Crippen molar-refractivity contribution in [2.75, 3.05) is 14.2 Å². The van der Waals surface area contributed by atoms with Gasteiger partial charge in [-0.3, -0.25) is 9.59 Å². The largest absolute Gasteiger partial charge is 0.497 e. The van der Waals surface area contributed by atoms with Gasteiger partial charge in [0, 0.05) is 30.9 Å². The Hall–Kier alpha value is -3.35. The molecule has 7 heteroatoms. The molecule has 0 aliphatic carbocycles. The molecule has 2 aromatic carbocycles. The zero-order valence-corrected chi connectivity index (χ0v) is 16.5. The Balaban J connectivity index is 1.92. The fourth-order valence-electron chi connectivity index (χ4n) is 3.39. The van der Waals surface area contributed by atoms with E-state index < -0.39 is 5.97 Å². The Morgan fingerprint density at radius 3 is 2.52 bits per heavy atom. The molecule has 0 saturated carbocycles. The molecule has 0 aromatic heterocycles. The fourth-order valence-corrected chi connectivity index (χ4v) is 3.39. The van der Waals surface area contributed by atoms with Crippen molar-refractivity contribution in [2.24, 2.45) is 5.10 Å². The van der Waals surface area contributed by atoms with E-state index in [9.17, 15) is 9.59 Å². The zero-order valence-electron chi connectivity index (χ0n) is 16.5. The minimum atomic E-state index is -0.916. The van der Waals surface area contributed by atoms with E-state index >= 15 is 0 Å². The summed E-state index contributed by atoms with van der Waals surface area (Å²) in [4.78, 5) is 23.7. The molecule has 29 heavy (non-hydrogen) atoms. The van der Waals surface area contributed by atoms with Gasteiger partial charge in [0.2, 0.25) is 5.91 Å². The van der Waals surface area contributed by atoms with Gasteiger partial charge in [0.1, 0.15) is 11.5 Å². The molecule has 1 heterocycles. The summed E-state index contributed by atoms with van der Waals surface area (Å²) in [6.07, 6.45) is 0.878. The van der Waals surface area contributed by atoms with Crippen LogP contribution >= 0.6 is 0 Å². The summed E-state index contributed by atoms with van der Waals surface area (Å²) in [5.74, 6) is 0.149. The summed E-state index contributed by atoms with van der Waals surface area (Å²) in [6.45, 7) is 0. The second kappa shape index (κ2) is 9.23. The molecule has 7 nitrogen and oxygen atoms in total. The summed E-state index contributed by atoms with van der Waals surface area (Å²) in [5, 5.41) is 14.9. The molecular weight excluding hydrogens is 372 g/mol. The van der Waals surface area contributed by atoms with E-state index in [1.54, 1.807) is 20.3 Å². The van der Waals surface area contributed by atoms with Gasteiger partial charge >= 0.3 is 5.97 Å². The molecular formula is C22H24N2O5. The number of rotatable bonds is 8. The minimum absolute atomic E-state index is 0.0502. The lowest BCUT2D eigenvalue weighted by Crippen LogP contribution is -2.27. The van der Waals surface area contributed by atoms with E-state index in [0.29, 0.717) is 17.9 Å². The number of hydrogen-bond donors (Lipinski definition) is 1. The standard InChI is InChI=1S/C22H24N2O5/c1-28-16-11-12-17(20(13-16)29-2)19-14-18(15-7-4-3-5-8-15)23-24(19)21(25)9-6-10-22(26)27/h3-5,7-8,11-13,19H,6,9-10,14H2,1-2H3,(H,26,27)/t19-/m0/s1. The van der Waals surface area contributed by atoms with Crippen LogP contribution in [-0.2, 0) is 9.59 Å². The molecule has 0 bridgehead atoms. The van der Waals surface area contributed by atoms with Gasteiger partial charge in [0.05, 0.1) is 26.0 Å². The first-order chi connectivity index (χ1) is 14.0. The number of amides is 1. The summed E-state index contributed by atoms with van der Waals surface area (Å²) < 4.78 is 10.8. The highest BCUT2D eigenvalue weighted by atomic mass is 16.5. The van der Waals surface area contributed by atoms with Crippen LogP contribution in [0.5, 0.6) is 11.5 Å². The van der Waals surface area contributed by atoms with Crippen LogP contribution in [0.2, 0.25) is 0 Å². The third kappa shape index (κ3) is 4.74. The van der Waals surface area contributed by atoms with Crippen molar-refractivity contribution in [1.29, 1.82) is 0 Å². The van der Waals surface area contributed by atoms with Crippen molar-refractivity contribution in [1.82, 2.24) is 5.01 Å². The number of ether oxygens (including phenoxy) is 2. The highest BCUT2D eigenvalue weighted by molar-refractivity contribution is 6.03. The lowest BCUT2D eigenvalue weighted by atomic mass is 9.97. The summed E-state index contributed by atoms with van der Waals surface area (Å²) >= 11 is 0. The molecule has 1 aliphatic rings. The number of hydrazone groups is 1. The summed E-state index contributed by atoms with van der Waals surface area (Å²) in [5.41, 5.74) is 2.58. The lowest BCUT2D eigenvalue weighted by Gasteiger charge is -2.24. The van der Waals surface area contributed by atoms with Crippen LogP contribution in [0.1, 0.15) is 42.9 Å². The smallest absolute Gasteiger partial charge is 0.303 e. The van der Waals surface area contributed by atoms with Gasteiger partial charge in [-0.05, 0) is 24.1 Å². The van der Waals surface area contributed by atoms with Crippen LogP contribution in [-0.4, -0.2) is 41.9 Å². The number of benzene rings is 2. The van der Waals surface area contributed by atoms with Crippen LogP contribution in [0.25, 0.3) is 0 Å². The molecule has 0 fully saturated rings. The Kier molecular flexibility index (Phi) is 6.49. The number of methoxy groups -OCH3 is 2. The van der Waals surface area contributed by atoms with Crippen LogP contribution in [0.3, 0.4) is 0 Å². The summed E-state index contributed by atoms with van der Waals surface area (Å²) in [7, 11) is 3.16. The van der Waals surface area contributed by atoms with E-state index in [1.165, 1.54) is 5.01 Å². The van der Waals surface area contributed by atoms with Gasteiger partial charge in [-0.15, -0.1) is 0 Å². The first kappa shape index (κ1) is 20.4. The number of carboxylic acid groups (broad SMARTS) is 1. The lowest BCUT2D eigenvalue weighted by molar-refractivity contribution is -0.137. The van der Waals surface area contributed by atoms with E-state index in [1.807, 2.05) is 42.5 Å². The Bertz CT molecular complexity index is 911. The van der Waals surface area contributed by atoms with Gasteiger partial charge in [-0.1, -0.05) is 30.3 Å². The topological polar surface area (TPSA) is 88.4 Å². The molecule has 3 rings (SSSR count). The molecule has 1 N–H and O–H groups in total. The molecule has 0 spiro atoms. The average Bonchev–Trinajstić information content (AvgIpc) is 3.19. The van der Waals surface area contributed by atoms with Crippen molar-refractivity contribution < 1.29 is 24.2 Å². The van der Waals surface area contributed by atoms with Crippen molar-refractivity contribution in [3.63, 3.8) is 0 Å². The fraction of sp³-hybridized carbons (Fsp3) is 0.318. The predicted molar refractivity (Wildman–Crippen MR) is 108 cm³/mol. The Morgan fingerprint density at radius 1 is 1.10 bits per heavy atom. The van der Waals surface area contributed by atoms with Crippen LogP contribution < -0.4 is 9.47 Å². The van der Waals surface area contributed by atoms with Gasteiger partial charge in [0.25, 0.3) is 0 Å². The quantitative estimate of drug-likeness (QED) is 0.736. The second-order valence-corrected chi connectivity index (χ2v) is 6.73. The number of hydrogen-bond acceptors (Lipinski definition) is 5. The van der Waals surface area contributed by atoms with Crippen molar-refractivity contribution in [3.8, 4) is 11.5 Å². The maximum atomic E-state index is 12.9. The van der Waals surface area contributed by atoms with Gasteiger partial charge in [-0.25, -0.2) is 5.01 Å². The zero-order chi connectivity index (χ0) is 20.8. The number of aliphatic carboxylic acids is 1. The molecule has 1 amide bonds. The maximum Gasteiger partial charge on any atom is 0.303 e. The highest BCUT2D eigenvalue weighted by Crippen LogP contribution is 2.39. The van der Waals surface area contributed by atoms with E-state index in [-0.39, 0.29) is 31.2 Å². The molecule has 152 valence electrons. The number of carbonyl (C=O) groups excluding carboxylic acids is 1. The first-order valence-corrected chi connectivity index (χ1v) is 9.42. The molecule has 1 aliphatic heterocycles. The average molecular weight is 396 g/mol. The molecule has 0 unspecified atom stereocenters. The van der Waals surface area contributed by atoms with Crippen LogP contribution in [0.15, 0.2) is 53.6 Å². The molecule has 2 aromatic rings. The van der Waals surface area contributed by atoms with Gasteiger partial charge < -0.3 is 14.6 Å². The Labute approximate surface area is 169 Å². The summed E-state index contributed by atoms with van der Waals surface area (Å²) in [6, 6.07) is 14.9. The van der Waals surface area contributed by atoms with Gasteiger partial charge in [-0.2, -0.15) is 5.10 Å². The molecule has 1 atom stereocenters. The second-order valence-electron chi connectivity index (χ2n) is 6.73. The SMILES string of the molecule is COc1ccc([C@@H]2CC(c3ccccc3)=NN2C(=O)CCCC(=O)O)c(OC)c1. The third-order valence-electron chi connectivity index (χ3n) is 4.85. The number of nitrogens with zero attached hydrogens (tertiary/aromatic N) is 2. The number of carbonyl (C=O) groups is 2.